The zero-order valence-electron chi connectivity index (χ0n) is 14.6. The Morgan fingerprint density at radius 3 is 2.57 bits per heavy atom. The van der Waals surface area contributed by atoms with Gasteiger partial charge in [0.2, 0.25) is 5.91 Å². The summed E-state index contributed by atoms with van der Waals surface area (Å²) in [5.41, 5.74) is 1.50. The van der Waals surface area contributed by atoms with Crippen molar-refractivity contribution in [2.45, 2.75) is 47.5 Å². The van der Waals surface area contributed by atoms with Gasteiger partial charge in [-0.3, -0.25) is 9.63 Å². The van der Waals surface area contributed by atoms with Crippen molar-refractivity contribution in [3.63, 3.8) is 0 Å². The minimum atomic E-state index is 0.0347. The third-order valence-corrected chi connectivity index (χ3v) is 6.01. The van der Waals surface area contributed by atoms with Crippen LogP contribution in [-0.2, 0) is 9.63 Å². The largest absolute Gasteiger partial charge is 0.275 e. The first-order valence-corrected chi connectivity index (χ1v) is 8.22. The lowest BCUT2D eigenvalue weighted by molar-refractivity contribution is -0.181. The van der Waals surface area contributed by atoms with E-state index >= 15 is 0 Å². The lowest BCUT2D eigenvalue weighted by Crippen LogP contribution is -2.52. The summed E-state index contributed by atoms with van der Waals surface area (Å²) in [4.78, 5) is 18.1. The highest BCUT2D eigenvalue weighted by Crippen LogP contribution is 2.56. The zero-order chi connectivity index (χ0) is 15.9. The lowest BCUT2D eigenvalue weighted by Gasteiger charge is -2.54. The fourth-order valence-corrected chi connectivity index (χ4v) is 5.23. The molecule has 120 valence electrons. The van der Waals surface area contributed by atoms with Crippen molar-refractivity contribution in [1.82, 2.24) is 5.06 Å². The summed E-state index contributed by atoms with van der Waals surface area (Å²) in [5.74, 6) is 2.18. The topological polar surface area (TPSA) is 29.5 Å². The first-order chi connectivity index (χ1) is 9.71. The molecule has 0 aromatic rings. The quantitative estimate of drug-likeness (QED) is 0.571. The highest BCUT2D eigenvalue weighted by molar-refractivity contribution is 5.79. The molecule has 0 spiro atoms. The molecular weight excluding hydrogens is 262 g/mol. The predicted octanol–water partition coefficient (Wildman–Crippen LogP) is 3.91. The molecule has 1 fully saturated rings. The van der Waals surface area contributed by atoms with Gasteiger partial charge in [-0.15, -0.1) is 0 Å². The predicted molar refractivity (Wildman–Crippen MR) is 85.3 cm³/mol. The Labute approximate surface area is 129 Å². The molecule has 0 N–H and O–H groups in total. The van der Waals surface area contributed by atoms with Crippen LogP contribution >= 0.6 is 0 Å². The molecule has 2 aliphatic carbocycles. The molecule has 1 saturated carbocycles. The van der Waals surface area contributed by atoms with Gasteiger partial charge in [0.05, 0.1) is 13.0 Å². The molecule has 0 radical (unpaired) electrons. The van der Waals surface area contributed by atoms with Crippen LogP contribution in [0.1, 0.15) is 47.5 Å². The van der Waals surface area contributed by atoms with Gasteiger partial charge in [-0.05, 0) is 48.9 Å². The van der Waals surface area contributed by atoms with Crippen LogP contribution in [-0.4, -0.2) is 25.1 Å². The zero-order valence-corrected chi connectivity index (χ0v) is 14.6. The fraction of sp³-hybridized carbons (Fsp3) is 0.833. The normalized spacial score (nSPS) is 43.0. The van der Waals surface area contributed by atoms with E-state index < -0.39 is 0 Å². The summed E-state index contributed by atoms with van der Waals surface area (Å²) in [6, 6.07) is 0. The van der Waals surface area contributed by atoms with Crippen LogP contribution < -0.4 is 0 Å². The number of carbonyl (C=O) groups is 1. The minimum Gasteiger partial charge on any atom is -0.275 e. The summed E-state index contributed by atoms with van der Waals surface area (Å²) < 4.78 is 0. The fourth-order valence-electron chi connectivity index (χ4n) is 5.23. The number of rotatable bonds is 2. The van der Waals surface area contributed by atoms with Crippen molar-refractivity contribution in [2.75, 3.05) is 14.2 Å². The number of fused-ring (bicyclic) bond motifs is 1. The van der Waals surface area contributed by atoms with Gasteiger partial charge in [0, 0.05) is 7.05 Å². The van der Waals surface area contributed by atoms with Gasteiger partial charge in [-0.25, -0.2) is 5.06 Å². The molecule has 0 heterocycles. The van der Waals surface area contributed by atoms with E-state index in [2.05, 4.69) is 40.7 Å². The van der Waals surface area contributed by atoms with Gasteiger partial charge in [0.15, 0.2) is 0 Å². The van der Waals surface area contributed by atoms with Crippen molar-refractivity contribution in [1.29, 1.82) is 0 Å². The number of hydrogen-bond donors (Lipinski definition) is 0. The third kappa shape index (κ3) is 2.77. The van der Waals surface area contributed by atoms with Crippen molar-refractivity contribution in [2.24, 2.45) is 35.0 Å². The monoisotopic (exact) mass is 293 g/mol. The molecule has 0 unspecified atom stereocenters. The SMILES string of the molecule is CON(C)C(=O)[C@@H]1[C@H]2[C@@H](C)C[C@@H](C)C[C@@]2(C)C=C(C)[C@H]1C. The van der Waals surface area contributed by atoms with Gasteiger partial charge in [-0.2, -0.15) is 0 Å². The van der Waals surface area contributed by atoms with Crippen molar-refractivity contribution < 1.29 is 9.63 Å². The minimum absolute atomic E-state index is 0.0347. The summed E-state index contributed by atoms with van der Waals surface area (Å²) in [6.07, 6.45) is 4.87. The molecule has 2 aliphatic rings. The first-order valence-electron chi connectivity index (χ1n) is 8.22. The molecule has 3 nitrogen and oxygen atoms in total. The molecule has 0 saturated heterocycles. The number of nitrogens with zero attached hydrogens (tertiary/aromatic N) is 1. The highest BCUT2D eigenvalue weighted by Gasteiger charge is 2.52. The Bertz CT molecular complexity index is 444. The molecule has 2 rings (SSSR count). The van der Waals surface area contributed by atoms with E-state index in [0.717, 1.165) is 5.92 Å². The molecule has 0 aromatic heterocycles. The number of hydrogen-bond acceptors (Lipinski definition) is 2. The van der Waals surface area contributed by atoms with E-state index in [0.29, 0.717) is 17.8 Å². The van der Waals surface area contributed by atoms with Crippen LogP contribution in [0.3, 0.4) is 0 Å². The van der Waals surface area contributed by atoms with Crippen LogP contribution in [0.5, 0.6) is 0 Å². The van der Waals surface area contributed by atoms with Crippen LogP contribution in [0.2, 0.25) is 0 Å². The second-order valence-electron chi connectivity index (χ2n) is 7.77. The summed E-state index contributed by atoms with van der Waals surface area (Å²) in [6.45, 7) is 11.4. The molecule has 0 bridgehead atoms. The molecule has 6 atom stereocenters. The van der Waals surface area contributed by atoms with E-state index in [4.69, 9.17) is 4.84 Å². The summed E-state index contributed by atoms with van der Waals surface area (Å²) in [5, 5.41) is 1.42. The van der Waals surface area contributed by atoms with Crippen molar-refractivity contribution in [3.8, 4) is 0 Å². The molecular formula is C18H31NO2. The Hall–Kier alpha value is -0.830. The van der Waals surface area contributed by atoms with E-state index in [1.54, 1.807) is 14.2 Å². The van der Waals surface area contributed by atoms with Crippen LogP contribution in [0.15, 0.2) is 11.6 Å². The Morgan fingerprint density at radius 1 is 1.38 bits per heavy atom. The van der Waals surface area contributed by atoms with E-state index in [-0.39, 0.29) is 17.2 Å². The third-order valence-electron chi connectivity index (χ3n) is 6.01. The Kier molecular flexibility index (Phi) is 4.53. The van der Waals surface area contributed by atoms with E-state index in [1.807, 2.05) is 0 Å². The van der Waals surface area contributed by atoms with Crippen LogP contribution in [0.4, 0.5) is 0 Å². The van der Waals surface area contributed by atoms with Gasteiger partial charge in [0.1, 0.15) is 0 Å². The smallest absolute Gasteiger partial charge is 0.249 e. The van der Waals surface area contributed by atoms with Gasteiger partial charge >= 0.3 is 0 Å². The van der Waals surface area contributed by atoms with Gasteiger partial charge < -0.3 is 0 Å². The maximum absolute atomic E-state index is 12.9. The summed E-state index contributed by atoms with van der Waals surface area (Å²) in [7, 11) is 3.30. The maximum Gasteiger partial charge on any atom is 0.249 e. The van der Waals surface area contributed by atoms with Crippen LogP contribution in [0.25, 0.3) is 0 Å². The lowest BCUT2D eigenvalue weighted by atomic mass is 9.51. The Morgan fingerprint density at radius 2 is 2.00 bits per heavy atom. The molecule has 0 aromatic carbocycles. The van der Waals surface area contributed by atoms with E-state index in [1.165, 1.54) is 23.5 Å². The molecule has 3 heteroatoms. The van der Waals surface area contributed by atoms with Gasteiger partial charge in [-0.1, -0.05) is 39.3 Å². The van der Waals surface area contributed by atoms with Crippen LogP contribution in [0, 0.1) is 35.0 Å². The van der Waals surface area contributed by atoms with Gasteiger partial charge in [0.25, 0.3) is 0 Å². The molecule has 21 heavy (non-hydrogen) atoms. The van der Waals surface area contributed by atoms with E-state index in [9.17, 15) is 4.79 Å². The molecule has 0 aliphatic heterocycles. The van der Waals surface area contributed by atoms with Crippen molar-refractivity contribution >= 4 is 5.91 Å². The number of allylic oxidation sites excluding steroid dienone is 2. The Balaban J connectivity index is 2.44. The standard InChI is InChI=1S/C18H31NO2/c1-11-8-12(2)16-15(17(20)19(6)21-7)14(4)13(3)10-18(16,5)9-11/h10-12,14-16H,8-9H2,1-7H3/t11-,12+,14-,15+,16-,18+/m1/s1. The number of hydroxylamine groups is 2. The number of amides is 1. The molecule has 1 amide bonds. The first kappa shape index (κ1) is 16.5. The van der Waals surface area contributed by atoms with Crippen molar-refractivity contribution in [3.05, 3.63) is 11.6 Å². The number of carbonyl (C=O) groups excluding carboxylic acids is 1. The summed E-state index contributed by atoms with van der Waals surface area (Å²) >= 11 is 0. The average Bonchev–Trinajstić information content (AvgIpc) is 2.38. The average molecular weight is 293 g/mol. The maximum atomic E-state index is 12.9. The second-order valence-corrected chi connectivity index (χ2v) is 7.77. The second kappa shape index (κ2) is 5.75. The highest BCUT2D eigenvalue weighted by atomic mass is 16.7.